The van der Waals surface area contributed by atoms with Crippen LogP contribution in [0.2, 0.25) is 0 Å². The van der Waals surface area contributed by atoms with Crippen LogP contribution < -0.4 is 5.73 Å². The van der Waals surface area contributed by atoms with Crippen LogP contribution in [0.1, 0.15) is 91.9 Å². The summed E-state index contributed by atoms with van der Waals surface area (Å²) in [5, 5.41) is 0. The van der Waals surface area contributed by atoms with E-state index in [0.29, 0.717) is 0 Å². The van der Waals surface area contributed by atoms with E-state index >= 15 is 0 Å². The number of unbranched alkanes of at least 4 members (excludes halogenated alkanes) is 5. The summed E-state index contributed by atoms with van der Waals surface area (Å²) in [6.07, 6.45) is 13.5. The fraction of sp³-hybridized carbons (Fsp3) is 1.00. The van der Waals surface area contributed by atoms with E-state index in [9.17, 15) is 0 Å². The van der Waals surface area contributed by atoms with Gasteiger partial charge in [0, 0.05) is 5.54 Å². The SMILES string of the molecule is CCCCCCCCC1(N)CC(C)CCC1C(C)C. The first-order chi connectivity index (χ1) is 8.99. The average Bonchev–Trinajstić information content (AvgIpc) is 2.33. The van der Waals surface area contributed by atoms with Gasteiger partial charge in [-0.3, -0.25) is 0 Å². The van der Waals surface area contributed by atoms with Crippen molar-refractivity contribution in [2.45, 2.75) is 97.4 Å². The first kappa shape index (κ1) is 17.0. The summed E-state index contributed by atoms with van der Waals surface area (Å²) < 4.78 is 0. The molecule has 0 aromatic carbocycles. The maximum Gasteiger partial charge on any atom is 0.0187 e. The zero-order valence-corrected chi connectivity index (χ0v) is 13.9. The van der Waals surface area contributed by atoms with Crippen molar-refractivity contribution in [3.63, 3.8) is 0 Å². The monoisotopic (exact) mass is 267 g/mol. The molecule has 114 valence electrons. The molecule has 1 saturated carbocycles. The molecular formula is C18H37N. The van der Waals surface area contributed by atoms with Crippen LogP contribution in [-0.4, -0.2) is 5.54 Å². The van der Waals surface area contributed by atoms with Gasteiger partial charge in [0.25, 0.3) is 0 Å². The molecule has 0 amide bonds. The van der Waals surface area contributed by atoms with Gasteiger partial charge in [-0.05, 0) is 37.0 Å². The Labute approximate surface area is 121 Å². The van der Waals surface area contributed by atoms with E-state index in [1.165, 1.54) is 64.2 Å². The predicted octanol–water partition coefficient (Wildman–Crippen LogP) is 5.53. The van der Waals surface area contributed by atoms with Crippen molar-refractivity contribution >= 4 is 0 Å². The van der Waals surface area contributed by atoms with Gasteiger partial charge in [0.05, 0.1) is 0 Å². The summed E-state index contributed by atoms with van der Waals surface area (Å²) in [6, 6.07) is 0. The van der Waals surface area contributed by atoms with E-state index in [2.05, 4.69) is 27.7 Å². The number of nitrogens with two attached hydrogens (primary N) is 1. The maximum absolute atomic E-state index is 6.84. The van der Waals surface area contributed by atoms with E-state index < -0.39 is 0 Å². The molecule has 0 bridgehead atoms. The summed E-state index contributed by atoms with van der Waals surface area (Å²) >= 11 is 0. The molecule has 1 nitrogen and oxygen atoms in total. The third-order valence-electron chi connectivity index (χ3n) is 5.24. The van der Waals surface area contributed by atoms with Crippen molar-refractivity contribution in [1.82, 2.24) is 0 Å². The highest BCUT2D eigenvalue weighted by atomic mass is 14.8. The molecular weight excluding hydrogens is 230 g/mol. The quantitative estimate of drug-likeness (QED) is 0.575. The second-order valence-electron chi connectivity index (χ2n) is 7.49. The summed E-state index contributed by atoms with van der Waals surface area (Å²) in [6.45, 7) is 9.40. The van der Waals surface area contributed by atoms with Crippen LogP contribution >= 0.6 is 0 Å². The molecule has 3 atom stereocenters. The molecule has 0 radical (unpaired) electrons. The average molecular weight is 268 g/mol. The van der Waals surface area contributed by atoms with E-state index in [1.807, 2.05) is 0 Å². The van der Waals surface area contributed by atoms with Gasteiger partial charge in [-0.25, -0.2) is 0 Å². The van der Waals surface area contributed by atoms with Crippen LogP contribution in [-0.2, 0) is 0 Å². The standard InChI is InChI=1S/C18H37N/c1-5-6-7-8-9-10-13-18(19)14-16(4)11-12-17(18)15(2)3/h15-17H,5-14,19H2,1-4H3. The summed E-state index contributed by atoms with van der Waals surface area (Å²) in [4.78, 5) is 0. The molecule has 1 aliphatic carbocycles. The molecule has 0 aliphatic heterocycles. The molecule has 0 spiro atoms. The molecule has 0 saturated heterocycles. The zero-order chi connectivity index (χ0) is 14.3. The molecule has 1 rings (SSSR count). The van der Waals surface area contributed by atoms with Gasteiger partial charge in [-0.2, -0.15) is 0 Å². The van der Waals surface area contributed by atoms with Crippen molar-refractivity contribution in [3.05, 3.63) is 0 Å². The molecule has 0 heterocycles. The zero-order valence-electron chi connectivity index (χ0n) is 13.9. The number of hydrogen-bond donors (Lipinski definition) is 1. The van der Waals surface area contributed by atoms with Gasteiger partial charge in [-0.1, -0.05) is 72.6 Å². The Hall–Kier alpha value is -0.0400. The van der Waals surface area contributed by atoms with Gasteiger partial charge in [0.2, 0.25) is 0 Å². The highest BCUT2D eigenvalue weighted by Crippen LogP contribution is 2.42. The third kappa shape index (κ3) is 5.45. The Morgan fingerprint density at radius 2 is 1.68 bits per heavy atom. The molecule has 1 fully saturated rings. The van der Waals surface area contributed by atoms with Crippen molar-refractivity contribution in [1.29, 1.82) is 0 Å². The predicted molar refractivity (Wildman–Crippen MR) is 86.3 cm³/mol. The second-order valence-corrected chi connectivity index (χ2v) is 7.49. The fourth-order valence-corrected chi connectivity index (χ4v) is 4.17. The minimum Gasteiger partial charge on any atom is -0.325 e. The van der Waals surface area contributed by atoms with Crippen molar-refractivity contribution in [2.24, 2.45) is 23.5 Å². The maximum atomic E-state index is 6.84. The minimum atomic E-state index is 0.136. The van der Waals surface area contributed by atoms with Crippen LogP contribution in [0.25, 0.3) is 0 Å². The Bertz CT molecular complexity index is 236. The van der Waals surface area contributed by atoms with Gasteiger partial charge in [-0.15, -0.1) is 0 Å². The van der Waals surface area contributed by atoms with E-state index in [-0.39, 0.29) is 5.54 Å². The first-order valence-electron chi connectivity index (χ1n) is 8.78. The Morgan fingerprint density at radius 1 is 1.05 bits per heavy atom. The van der Waals surface area contributed by atoms with E-state index in [1.54, 1.807) is 0 Å². The van der Waals surface area contributed by atoms with Gasteiger partial charge in [0.1, 0.15) is 0 Å². The lowest BCUT2D eigenvalue weighted by Gasteiger charge is -2.46. The van der Waals surface area contributed by atoms with Gasteiger partial charge >= 0.3 is 0 Å². The Kier molecular flexibility index (Phi) is 7.42. The largest absolute Gasteiger partial charge is 0.325 e. The highest BCUT2D eigenvalue weighted by Gasteiger charge is 2.40. The molecule has 3 unspecified atom stereocenters. The van der Waals surface area contributed by atoms with Crippen molar-refractivity contribution in [2.75, 3.05) is 0 Å². The van der Waals surface area contributed by atoms with Crippen molar-refractivity contribution < 1.29 is 0 Å². The lowest BCUT2D eigenvalue weighted by molar-refractivity contribution is 0.0988. The normalized spacial score (nSPS) is 31.9. The van der Waals surface area contributed by atoms with Crippen LogP contribution in [0.5, 0.6) is 0 Å². The number of rotatable bonds is 8. The molecule has 0 aromatic heterocycles. The Morgan fingerprint density at radius 3 is 2.32 bits per heavy atom. The summed E-state index contributed by atoms with van der Waals surface area (Å²) in [5.41, 5.74) is 6.97. The summed E-state index contributed by atoms with van der Waals surface area (Å²) in [7, 11) is 0. The van der Waals surface area contributed by atoms with Gasteiger partial charge in [0.15, 0.2) is 0 Å². The van der Waals surface area contributed by atoms with Gasteiger partial charge < -0.3 is 5.73 Å². The van der Waals surface area contributed by atoms with Crippen LogP contribution in [0.15, 0.2) is 0 Å². The number of hydrogen-bond acceptors (Lipinski definition) is 1. The molecule has 1 aliphatic rings. The molecule has 0 aromatic rings. The summed E-state index contributed by atoms with van der Waals surface area (Å²) in [5.74, 6) is 2.33. The topological polar surface area (TPSA) is 26.0 Å². The highest BCUT2D eigenvalue weighted by molar-refractivity contribution is 4.97. The lowest BCUT2D eigenvalue weighted by Crippen LogP contribution is -2.52. The third-order valence-corrected chi connectivity index (χ3v) is 5.24. The fourth-order valence-electron chi connectivity index (χ4n) is 4.17. The van der Waals surface area contributed by atoms with E-state index in [4.69, 9.17) is 5.73 Å². The van der Waals surface area contributed by atoms with Crippen LogP contribution in [0.3, 0.4) is 0 Å². The lowest BCUT2D eigenvalue weighted by atomic mass is 9.63. The second kappa shape index (κ2) is 8.29. The smallest absolute Gasteiger partial charge is 0.0187 e. The van der Waals surface area contributed by atoms with Crippen LogP contribution in [0.4, 0.5) is 0 Å². The Balaban J connectivity index is 2.37. The molecule has 19 heavy (non-hydrogen) atoms. The van der Waals surface area contributed by atoms with Crippen molar-refractivity contribution in [3.8, 4) is 0 Å². The first-order valence-corrected chi connectivity index (χ1v) is 8.78. The van der Waals surface area contributed by atoms with E-state index in [0.717, 1.165) is 17.8 Å². The molecule has 1 heteroatoms. The van der Waals surface area contributed by atoms with Crippen LogP contribution in [0, 0.1) is 17.8 Å². The minimum absolute atomic E-state index is 0.136. The molecule has 2 N–H and O–H groups in total.